The van der Waals surface area contributed by atoms with Gasteiger partial charge in [-0.05, 0) is 25.7 Å². The highest BCUT2D eigenvalue weighted by Crippen LogP contribution is 2.10. The van der Waals surface area contributed by atoms with Gasteiger partial charge in [0.1, 0.15) is 6.54 Å². The fraction of sp³-hybridized carbons (Fsp3) is 0.722. The van der Waals surface area contributed by atoms with Gasteiger partial charge in [0.05, 0.1) is 27.6 Å². The third kappa shape index (κ3) is 16.7. The van der Waals surface area contributed by atoms with Crippen molar-refractivity contribution >= 4 is 17.9 Å². The summed E-state index contributed by atoms with van der Waals surface area (Å²) in [6.45, 7) is 0.458. The molecule has 2 N–H and O–H groups in total. The molecule has 1 atom stereocenters. The van der Waals surface area contributed by atoms with E-state index in [1.807, 2.05) is 33.3 Å². The van der Waals surface area contributed by atoms with Crippen molar-refractivity contribution in [1.29, 1.82) is 0 Å². The highest BCUT2D eigenvalue weighted by molar-refractivity contribution is 5.71. The van der Waals surface area contributed by atoms with E-state index in [4.69, 9.17) is 14.9 Å². The Morgan fingerprint density at radius 3 is 2.12 bits per heavy atom. The van der Waals surface area contributed by atoms with Crippen LogP contribution in [-0.4, -0.2) is 66.4 Å². The van der Waals surface area contributed by atoms with Crippen molar-refractivity contribution in [1.82, 2.24) is 0 Å². The van der Waals surface area contributed by atoms with Gasteiger partial charge in [-0.3, -0.25) is 14.4 Å². The second-order valence-electron chi connectivity index (χ2n) is 7.19. The summed E-state index contributed by atoms with van der Waals surface area (Å²) >= 11 is 0. The van der Waals surface area contributed by atoms with Gasteiger partial charge in [-0.15, -0.1) is 0 Å². The number of ether oxygens (including phenoxy) is 1. The lowest BCUT2D eigenvalue weighted by Crippen LogP contribution is -2.43. The molecule has 0 aliphatic carbocycles. The number of carbonyl (C=O) groups is 3. The molecular weight excluding hydrogens is 326 g/mol. The van der Waals surface area contributed by atoms with Crippen LogP contribution in [0.25, 0.3) is 0 Å². The number of hydrogen-bond acceptors (Lipinski definition) is 4. The number of rotatable bonds is 14. The van der Waals surface area contributed by atoms with Gasteiger partial charge in [0, 0.05) is 12.8 Å². The number of hydrogen-bond donors (Lipinski definition) is 2. The molecule has 0 aromatic heterocycles. The van der Waals surface area contributed by atoms with Gasteiger partial charge in [0.2, 0.25) is 0 Å². The van der Waals surface area contributed by atoms with Crippen LogP contribution in [0.1, 0.15) is 51.4 Å². The number of carbonyl (C=O) groups excluding carboxylic acids is 1. The van der Waals surface area contributed by atoms with Crippen LogP contribution in [0.2, 0.25) is 0 Å². The topological polar surface area (TPSA) is 101 Å². The maximum Gasteiger partial charge on any atom is 0.307 e. The zero-order chi connectivity index (χ0) is 19.3. The van der Waals surface area contributed by atoms with Crippen LogP contribution >= 0.6 is 0 Å². The fourth-order valence-corrected chi connectivity index (χ4v) is 2.34. The average Bonchev–Trinajstić information content (AvgIpc) is 2.42. The normalized spacial score (nSPS) is 12.9. The van der Waals surface area contributed by atoms with E-state index in [2.05, 4.69) is 0 Å². The first-order valence-corrected chi connectivity index (χ1v) is 8.68. The highest BCUT2D eigenvalue weighted by Gasteiger charge is 2.24. The molecule has 1 unspecified atom stereocenters. The number of allylic oxidation sites excluding steroid dienone is 2. The molecule has 0 radical (unpaired) electrons. The molecule has 0 aliphatic rings. The Morgan fingerprint density at radius 2 is 1.56 bits per heavy atom. The van der Waals surface area contributed by atoms with Gasteiger partial charge in [-0.25, -0.2) is 0 Å². The lowest BCUT2D eigenvalue weighted by atomic mass is 10.1. The third-order valence-corrected chi connectivity index (χ3v) is 3.39. The molecule has 0 amide bonds. The lowest BCUT2D eigenvalue weighted by Gasteiger charge is -2.28. The van der Waals surface area contributed by atoms with Crippen molar-refractivity contribution in [2.75, 3.05) is 27.7 Å². The fourth-order valence-electron chi connectivity index (χ4n) is 2.34. The van der Waals surface area contributed by atoms with Gasteiger partial charge in [-0.1, -0.05) is 18.6 Å². The lowest BCUT2D eigenvalue weighted by molar-refractivity contribution is -0.873. The van der Waals surface area contributed by atoms with Crippen LogP contribution in [-0.2, 0) is 19.1 Å². The predicted molar refractivity (Wildman–Crippen MR) is 94.1 cm³/mol. The highest BCUT2D eigenvalue weighted by atomic mass is 16.5. The van der Waals surface area contributed by atoms with E-state index in [-0.39, 0.29) is 25.2 Å². The van der Waals surface area contributed by atoms with Crippen LogP contribution in [0.5, 0.6) is 0 Å². The van der Waals surface area contributed by atoms with E-state index in [1.165, 1.54) is 0 Å². The van der Waals surface area contributed by atoms with Crippen molar-refractivity contribution in [3.8, 4) is 0 Å². The van der Waals surface area contributed by atoms with Gasteiger partial charge >= 0.3 is 17.9 Å². The molecule has 0 saturated carbocycles. The number of nitrogens with zero attached hydrogens (tertiary/aromatic N) is 1. The zero-order valence-electron chi connectivity index (χ0n) is 15.6. The first-order valence-electron chi connectivity index (χ1n) is 8.68. The molecule has 0 fully saturated rings. The van der Waals surface area contributed by atoms with E-state index in [0.717, 1.165) is 19.3 Å². The first-order chi connectivity index (χ1) is 11.6. The van der Waals surface area contributed by atoms with Crippen LogP contribution in [0.4, 0.5) is 0 Å². The number of aliphatic carboxylic acids is 2. The summed E-state index contributed by atoms with van der Waals surface area (Å²) in [7, 11) is 5.77. The van der Waals surface area contributed by atoms with Crippen LogP contribution in [0.3, 0.4) is 0 Å². The molecule has 0 spiro atoms. The standard InChI is InChI=1S/C18H31NO6/c1-19(2,3)14-15(13-17(22)23)25-18(24)12-10-8-6-4-5-7-9-11-16(20)21/h5,7,15H,4,6,8-14H2,1-3H3,(H-,20,21,22,23)/p+1/b7-5+. The van der Waals surface area contributed by atoms with E-state index in [9.17, 15) is 14.4 Å². The van der Waals surface area contributed by atoms with Crippen LogP contribution in [0, 0.1) is 0 Å². The first kappa shape index (κ1) is 23.1. The van der Waals surface area contributed by atoms with E-state index < -0.39 is 18.0 Å². The summed E-state index contributed by atoms with van der Waals surface area (Å²) in [5.74, 6) is -2.12. The third-order valence-electron chi connectivity index (χ3n) is 3.39. The van der Waals surface area contributed by atoms with E-state index in [0.29, 0.717) is 23.9 Å². The van der Waals surface area contributed by atoms with Crippen molar-refractivity contribution in [2.45, 2.75) is 57.5 Å². The molecule has 0 aliphatic heterocycles. The van der Waals surface area contributed by atoms with Gasteiger partial charge < -0.3 is 19.4 Å². The smallest absolute Gasteiger partial charge is 0.307 e. The molecule has 0 rings (SSSR count). The number of carboxylic acid groups (broad SMARTS) is 2. The quantitative estimate of drug-likeness (QED) is 0.214. The summed E-state index contributed by atoms with van der Waals surface area (Å²) in [4.78, 5) is 33.1. The summed E-state index contributed by atoms with van der Waals surface area (Å²) < 4.78 is 5.84. The molecule has 7 heteroatoms. The molecule has 0 aromatic carbocycles. The largest absolute Gasteiger partial charge is 0.481 e. The van der Waals surface area contributed by atoms with Crippen molar-refractivity contribution in [2.24, 2.45) is 0 Å². The molecule has 0 aromatic rings. The molecular formula is C18H32NO6+. The van der Waals surface area contributed by atoms with Crippen molar-refractivity contribution < 1.29 is 33.8 Å². The predicted octanol–water partition coefficient (Wildman–Crippen LogP) is 2.45. The molecule has 0 saturated heterocycles. The SMILES string of the molecule is C[N+](C)(C)CC(CC(=O)O)OC(=O)CCCCC/C=C/CCC(=O)O. The number of carboxylic acids is 2. The summed E-state index contributed by atoms with van der Waals surface area (Å²) in [6, 6.07) is 0. The molecule has 7 nitrogen and oxygen atoms in total. The maximum absolute atomic E-state index is 11.9. The van der Waals surface area contributed by atoms with Crippen LogP contribution < -0.4 is 0 Å². The minimum Gasteiger partial charge on any atom is -0.481 e. The summed E-state index contributed by atoms with van der Waals surface area (Å²) in [5.41, 5.74) is 0. The maximum atomic E-state index is 11.9. The van der Waals surface area contributed by atoms with Gasteiger partial charge in [0.15, 0.2) is 6.10 Å². The minimum absolute atomic E-state index is 0.146. The number of esters is 1. The molecule has 25 heavy (non-hydrogen) atoms. The number of unbranched alkanes of at least 4 members (excludes halogenated alkanes) is 3. The Bertz CT molecular complexity index is 453. The summed E-state index contributed by atoms with van der Waals surface area (Å²) in [5, 5.41) is 17.4. The Labute approximate surface area is 149 Å². The van der Waals surface area contributed by atoms with Crippen molar-refractivity contribution in [3.63, 3.8) is 0 Å². The number of likely N-dealkylation sites (N-methyl/N-ethyl adjacent to an activating group) is 1. The van der Waals surface area contributed by atoms with E-state index >= 15 is 0 Å². The summed E-state index contributed by atoms with van der Waals surface area (Å²) in [6.07, 6.45) is 7.37. The second kappa shape index (κ2) is 12.5. The average molecular weight is 358 g/mol. The number of quaternary nitrogens is 1. The zero-order valence-corrected chi connectivity index (χ0v) is 15.6. The van der Waals surface area contributed by atoms with Gasteiger partial charge in [-0.2, -0.15) is 0 Å². The van der Waals surface area contributed by atoms with Crippen molar-refractivity contribution in [3.05, 3.63) is 12.2 Å². The molecule has 144 valence electrons. The Balaban J connectivity index is 3.92. The monoisotopic (exact) mass is 358 g/mol. The van der Waals surface area contributed by atoms with Crippen LogP contribution in [0.15, 0.2) is 12.2 Å². The molecule has 0 bridgehead atoms. The van der Waals surface area contributed by atoms with Gasteiger partial charge in [0.25, 0.3) is 0 Å². The Morgan fingerprint density at radius 1 is 0.920 bits per heavy atom. The Kier molecular flexibility index (Phi) is 11.5. The second-order valence-corrected chi connectivity index (χ2v) is 7.19. The Hall–Kier alpha value is -1.89. The van der Waals surface area contributed by atoms with E-state index in [1.54, 1.807) is 0 Å². The molecule has 0 heterocycles. The minimum atomic E-state index is -0.971.